The molecule has 0 radical (unpaired) electrons. The molecule has 4 heteroatoms. The maximum Gasteiger partial charge on any atom is 0.317 e. The predicted molar refractivity (Wildman–Crippen MR) is 73.6 cm³/mol. The van der Waals surface area contributed by atoms with E-state index in [0.29, 0.717) is 25.9 Å². The van der Waals surface area contributed by atoms with Gasteiger partial charge in [0.25, 0.3) is 0 Å². The largest absolute Gasteiger partial charge is 0.393 e. The molecular weight excluding hydrogens is 228 g/mol. The molecule has 0 aromatic rings. The van der Waals surface area contributed by atoms with E-state index in [1.165, 1.54) is 32.1 Å². The number of nitrogens with one attached hydrogen (secondary N) is 1. The summed E-state index contributed by atoms with van der Waals surface area (Å²) in [5.74, 6) is 0. The first-order valence-electron chi connectivity index (χ1n) is 7.45. The van der Waals surface area contributed by atoms with Crippen LogP contribution < -0.4 is 5.32 Å². The van der Waals surface area contributed by atoms with Crippen molar-refractivity contribution in [3.8, 4) is 0 Å². The van der Waals surface area contributed by atoms with Gasteiger partial charge in [-0.05, 0) is 19.3 Å². The number of likely N-dealkylation sites (tertiary alicyclic amines) is 1. The average Bonchev–Trinajstić information content (AvgIpc) is 2.38. The first-order valence-corrected chi connectivity index (χ1v) is 7.45. The zero-order chi connectivity index (χ0) is 13.2. The molecule has 0 aliphatic carbocycles. The van der Waals surface area contributed by atoms with Crippen LogP contribution in [0.5, 0.6) is 0 Å². The minimum Gasteiger partial charge on any atom is -0.393 e. The monoisotopic (exact) mass is 256 g/mol. The van der Waals surface area contributed by atoms with Crippen LogP contribution in [0.1, 0.15) is 58.3 Å². The predicted octanol–water partition coefficient (Wildman–Crippen LogP) is 2.51. The number of aliphatic hydroxyl groups excluding tert-OH is 1. The molecule has 1 fully saturated rings. The summed E-state index contributed by atoms with van der Waals surface area (Å²) in [5.41, 5.74) is 0. The molecule has 4 nitrogen and oxygen atoms in total. The maximum absolute atomic E-state index is 11.8. The van der Waals surface area contributed by atoms with Gasteiger partial charge in [0.1, 0.15) is 0 Å². The summed E-state index contributed by atoms with van der Waals surface area (Å²) >= 11 is 0. The zero-order valence-corrected chi connectivity index (χ0v) is 11.7. The van der Waals surface area contributed by atoms with Gasteiger partial charge < -0.3 is 15.3 Å². The summed E-state index contributed by atoms with van der Waals surface area (Å²) in [6.07, 6.45) is 8.68. The molecule has 1 aliphatic heterocycles. The number of unbranched alkanes of at least 4 members (excludes halogenated alkanes) is 5. The second-order valence-corrected chi connectivity index (χ2v) is 5.22. The van der Waals surface area contributed by atoms with E-state index in [1.54, 1.807) is 0 Å². The maximum atomic E-state index is 11.8. The standard InChI is InChI=1S/C14H28N2O2/c1-2-3-4-5-6-7-10-15-14(18)16-11-8-13(17)9-12-16/h13,17H,2-12H2,1H3,(H,15,18). The van der Waals surface area contributed by atoms with E-state index in [2.05, 4.69) is 12.2 Å². The molecule has 106 valence electrons. The molecule has 2 N–H and O–H groups in total. The molecule has 0 atom stereocenters. The molecule has 0 spiro atoms. The van der Waals surface area contributed by atoms with Crippen LogP contribution in [-0.4, -0.2) is 41.8 Å². The molecule has 1 heterocycles. The van der Waals surface area contributed by atoms with Crippen LogP contribution in [0.3, 0.4) is 0 Å². The number of hydrogen-bond acceptors (Lipinski definition) is 2. The first kappa shape index (κ1) is 15.3. The van der Waals surface area contributed by atoms with Crippen molar-refractivity contribution in [3.63, 3.8) is 0 Å². The molecule has 2 amide bonds. The van der Waals surface area contributed by atoms with E-state index < -0.39 is 0 Å². The number of aliphatic hydroxyl groups is 1. The molecule has 1 rings (SSSR count). The second kappa shape index (κ2) is 9.20. The topological polar surface area (TPSA) is 52.6 Å². The van der Waals surface area contributed by atoms with Gasteiger partial charge in [0.15, 0.2) is 0 Å². The number of amides is 2. The number of rotatable bonds is 7. The van der Waals surface area contributed by atoms with E-state index in [9.17, 15) is 9.90 Å². The van der Waals surface area contributed by atoms with Crippen molar-refractivity contribution < 1.29 is 9.90 Å². The Bertz CT molecular complexity index is 226. The summed E-state index contributed by atoms with van der Waals surface area (Å²) in [5, 5.41) is 12.3. The van der Waals surface area contributed by atoms with Crippen LogP contribution in [0, 0.1) is 0 Å². The Morgan fingerprint density at radius 2 is 1.78 bits per heavy atom. The fraction of sp³-hybridized carbons (Fsp3) is 0.929. The Morgan fingerprint density at radius 3 is 2.44 bits per heavy atom. The fourth-order valence-corrected chi connectivity index (χ4v) is 2.28. The third kappa shape index (κ3) is 6.24. The molecule has 1 saturated heterocycles. The molecule has 18 heavy (non-hydrogen) atoms. The van der Waals surface area contributed by atoms with Gasteiger partial charge in [-0.15, -0.1) is 0 Å². The van der Waals surface area contributed by atoms with Crippen LogP contribution in [0.2, 0.25) is 0 Å². The van der Waals surface area contributed by atoms with E-state index in [4.69, 9.17) is 0 Å². The van der Waals surface area contributed by atoms with Crippen molar-refractivity contribution >= 4 is 6.03 Å². The Balaban J connectivity index is 1.96. The molecular formula is C14H28N2O2. The van der Waals surface area contributed by atoms with Gasteiger partial charge in [0.2, 0.25) is 0 Å². The number of urea groups is 1. The number of carbonyl (C=O) groups excluding carboxylic acids is 1. The Kier molecular flexibility index (Phi) is 7.81. The van der Waals surface area contributed by atoms with Crippen LogP contribution in [0.15, 0.2) is 0 Å². The van der Waals surface area contributed by atoms with E-state index >= 15 is 0 Å². The zero-order valence-electron chi connectivity index (χ0n) is 11.7. The second-order valence-electron chi connectivity index (χ2n) is 5.22. The lowest BCUT2D eigenvalue weighted by Crippen LogP contribution is -2.45. The van der Waals surface area contributed by atoms with Crippen molar-refractivity contribution in [3.05, 3.63) is 0 Å². The normalized spacial score (nSPS) is 16.9. The highest BCUT2D eigenvalue weighted by molar-refractivity contribution is 5.74. The molecule has 0 bridgehead atoms. The van der Waals surface area contributed by atoms with E-state index in [-0.39, 0.29) is 12.1 Å². The van der Waals surface area contributed by atoms with Crippen molar-refractivity contribution in [2.75, 3.05) is 19.6 Å². The smallest absolute Gasteiger partial charge is 0.317 e. The lowest BCUT2D eigenvalue weighted by molar-refractivity contribution is 0.0937. The number of nitrogens with zero attached hydrogens (tertiary/aromatic N) is 1. The van der Waals surface area contributed by atoms with E-state index in [0.717, 1.165) is 13.0 Å². The lowest BCUT2D eigenvalue weighted by Gasteiger charge is -2.29. The third-order valence-electron chi connectivity index (χ3n) is 3.56. The third-order valence-corrected chi connectivity index (χ3v) is 3.56. The number of piperidine rings is 1. The van der Waals surface area contributed by atoms with Gasteiger partial charge in [-0.2, -0.15) is 0 Å². The first-order chi connectivity index (χ1) is 8.74. The molecule has 0 unspecified atom stereocenters. The lowest BCUT2D eigenvalue weighted by atomic mass is 10.1. The highest BCUT2D eigenvalue weighted by atomic mass is 16.3. The minimum atomic E-state index is -0.215. The Hall–Kier alpha value is -0.770. The SMILES string of the molecule is CCCCCCCCNC(=O)N1CCC(O)CC1. The average molecular weight is 256 g/mol. The molecule has 0 aromatic carbocycles. The molecule has 0 aromatic heterocycles. The number of hydrogen-bond donors (Lipinski definition) is 2. The summed E-state index contributed by atoms with van der Waals surface area (Å²) in [6.45, 7) is 4.37. The van der Waals surface area contributed by atoms with E-state index in [1.807, 2.05) is 4.90 Å². The Morgan fingerprint density at radius 1 is 1.17 bits per heavy atom. The molecule has 0 saturated carbocycles. The molecule has 1 aliphatic rings. The van der Waals surface area contributed by atoms with Gasteiger partial charge in [-0.25, -0.2) is 4.79 Å². The fourth-order valence-electron chi connectivity index (χ4n) is 2.28. The quantitative estimate of drug-likeness (QED) is 0.688. The van der Waals surface area contributed by atoms with Gasteiger partial charge in [-0.3, -0.25) is 0 Å². The van der Waals surface area contributed by atoms with Crippen molar-refractivity contribution in [2.45, 2.75) is 64.4 Å². The highest BCUT2D eigenvalue weighted by Gasteiger charge is 2.20. The van der Waals surface area contributed by atoms with Gasteiger partial charge in [0, 0.05) is 19.6 Å². The highest BCUT2D eigenvalue weighted by Crippen LogP contribution is 2.09. The van der Waals surface area contributed by atoms with Crippen molar-refractivity contribution in [2.24, 2.45) is 0 Å². The van der Waals surface area contributed by atoms with Crippen molar-refractivity contribution in [1.82, 2.24) is 10.2 Å². The van der Waals surface area contributed by atoms with Crippen molar-refractivity contribution in [1.29, 1.82) is 0 Å². The van der Waals surface area contributed by atoms with Gasteiger partial charge in [0.05, 0.1) is 6.10 Å². The summed E-state index contributed by atoms with van der Waals surface area (Å²) < 4.78 is 0. The van der Waals surface area contributed by atoms with Crippen LogP contribution >= 0.6 is 0 Å². The van der Waals surface area contributed by atoms with Crippen LogP contribution in [0.4, 0.5) is 4.79 Å². The Labute approximate surface area is 111 Å². The van der Waals surface area contributed by atoms with Crippen LogP contribution in [-0.2, 0) is 0 Å². The van der Waals surface area contributed by atoms with Crippen LogP contribution in [0.25, 0.3) is 0 Å². The summed E-state index contributed by atoms with van der Waals surface area (Å²) in [6, 6.07) is 0.0375. The minimum absolute atomic E-state index is 0.0375. The van der Waals surface area contributed by atoms with Gasteiger partial charge >= 0.3 is 6.03 Å². The summed E-state index contributed by atoms with van der Waals surface area (Å²) in [7, 11) is 0. The summed E-state index contributed by atoms with van der Waals surface area (Å²) in [4.78, 5) is 13.6. The van der Waals surface area contributed by atoms with Gasteiger partial charge in [-0.1, -0.05) is 39.0 Å². The number of carbonyl (C=O) groups is 1.